The van der Waals surface area contributed by atoms with Gasteiger partial charge in [-0.1, -0.05) is 26.3 Å². The van der Waals surface area contributed by atoms with Crippen molar-refractivity contribution < 1.29 is 18.8 Å². The molecule has 3 atom stereocenters. The molecule has 8 heteroatoms. The highest BCUT2D eigenvalue weighted by atomic mass is 16.6. The van der Waals surface area contributed by atoms with Crippen molar-refractivity contribution in [1.82, 2.24) is 10.2 Å². The minimum absolute atomic E-state index is 0.0123. The topological polar surface area (TPSA) is 65.1 Å². The first-order valence-corrected chi connectivity index (χ1v) is 14.3. The monoisotopic (exact) mass is 516 g/mol. The molecule has 0 aliphatic carbocycles. The standard InChI is InChI=1S/C29H50N5O3/c1-8-10-15-34(16-13-30-21-34)17-14-31(7)20-25(9-2)26-11-12-27-28(18-26)32(29(36)37-22(3)4)19-23(5)33(27)24(6)35/h11-12,18,22-23,25,30H,8-10,13-17,19-21H2,1-7H3/q+1. The fourth-order valence-electron chi connectivity index (χ4n) is 5.83. The number of likely N-dealkylation sites (N-methyl/N-ethyl adjacent to an activating group) is 1. The lowest BCUT2D eigenvalue weighted by molar-refractivity contribution is -0.917. The summed E-state index contributed by atoms with van der Waals surface area (Å²) >= 11 is 0. The van der Waals surface area contributed by atoms with E-state index in [0.29, 0.717) is 12.5 Å². The third kappa shape index (κ3) is 7.24. The molecule has 2 amide bonds. The second kappa shape index (κ2) is 13.1. The zero-order valence-corrected chi connectivity index (χ0v) is 24.3. The number of fused-ring (bicyclic) bond motifs is 1. The fourth-order valence-corrected chi connectivity index (χ4v) is 5.83. The zero-order chi connectivity index (χ0) is 27.2. The molecule has 1 aromatic rings. The average molecular weight is 517 g/mol. The van der Waals surface area contributed by atoms with Crippen molar-refractivity contribution in [3.8, 4) is 0 Å². The SMILES string of the molecule is CCCC[N+]1(CCN(C)CC(CC)c2ccc3c(c2)N(C(=O)OC(C)C)CC(C)N3C(C)=O)CCNC1. The lowest BCUT2D eigenvalue weighted by Gasteiger charge is -2.41. The normalized spacial score (nSPS) is 22.5. The number of rotatable bonds is 11. The Balaban J connectivity index is 1.79. The van der Waals surface area contributed by atoms with Crippen molar-refractivity contribution in [2.24, 2.45) is 0 Å². The molecule has 8 nitrogen and oxygen atoms in total. The molecule has 2 aliphatic rings. The molecule has 0 radical (unpaired) electrons. The number of hydrogen-bond donors (Lipinski definition) is 1. The van der Waals surface area contributed by atoms with E-state index in [1.807, 2.05) is 26.8 Å². The predicted molar refractivity (Wildman–Crippen MR) is 151 cm³/mol. The van der Waals surface area contributed by atoms with Crippen LogP contribution < -0.4 is 15.1 Å². The van der Waals surface area contributed by atoms with Gasteiger partial charge in [-0.05, 0) is 64.3 Å². The zero-order valence-electron chi connectivity index (χ0n) is 24.3. The van der Waals surface area contributed by atoms with E-state index >= 15 is 0 Å². The number of nitrogens with one attached hydrogen (secondary N) is 1. The van der Waals surface area contributed by atoms with Crippen LogP contribution in [0.4, 0.5) is 16.2 Å². The van der Waals surface area contributed by atoms with Gasteiger partial charge in [-0.2, -0.15) is 0 Å². The van der Waals surface area contributed by atoms with Crippen molar-refractivity contribution in [2.75, 3.05) is 69.3 Å². The molecule has 1 saturated heterocycles. The van der Waals surface area contributed by atoms with Crippen molar-refractivity contribution in [3.63, 3.8) is 0 Å². The Hall–Kier alpha value is -2.16. The van der Waals surface area contributed by atoms with Crippen LogP contribution in [-0.2, 0) is 9.53 Å². The molecule has 0 bridgehead atoms. The van der Waals surface area contributed by atoms with Gasteiger partial charge in [0.25, 0.3) is 0 Å². The van der Waals surface area contributed by atoms with Crippen LogP contribution in [-0.4, -0.2) is 93.1 Å². The summed E-state index contributed by atoms with van der Waals surface area (Å²) in [5.74, 6) is 0.325. The summed E-state index contributed by atoms with van der Waals surface area (Å²) in [5, 5.41) is 3.58. The van der Waals surface area contributed by atoms with Crippen LogP contribution in [0.2, 0.25) is 0 Å². The third-order valence-corrected chi connectivity index (χ3v) is 7.98. The van der Waals surface area contributed by atoms with Crippen molar-refractivity contribution >= 4 is 23.4 Å². The molecule has 1 N–H and O–H groups in total. The van der Waals surface area contributed by atoms with E-state index in [1.54, 1.807) is 16.7 Å². The van der Waals surface area contributed by atoms with E-state index in [1.165, 1.54) is 42.5 Å². The van der Waals surface area contributed by atoms with Gasteiger partial charge in [0.1, 0.15) is 6.67 Å². The highest BCUT2D eigenvalue weighted by Gasteiger charge is 2.35. The van der Waals surface area contributed by atoms with Crippen LogP contribution in [0.25, 0.3) is 0 Å². The first-order valence-electron chi connectivity index (χ1n) is 14.3. The second-order valence-corrected chi connectivity index (χ2v) is 11.4. The summed E-state index contributed by atoms with van der Waals surface area (Å²) in [6, 6.07) is 6.15. The molecule has 3 rings (SSSR count). The number of benzene rings is 1. The molecule has 3 unspecified atom stereocenters. The maximum Gasteiger partial charge on any atom is 0.414 e. The number of nitrogens with zero attached hydrogens (tertiary/aromatic N) is 4. The van der Waals surface area contributed by atoms with Gasteiger partial charge in [0.05, 0.1) is 43.2 Å². The van der Waals surface area contributed by atoms with Crippen molar-refractivity contribution in [3.05, 3.63) is 23.8 Å². The maximum atomic E-state index is 13.0. The number of ether oxygens (including phenoxy) is 1. The van der Waals surface area contributed by atoms with Gasteiger partial charge in [-0.3, -0.25) is 15.0 Å². The summed E-state index contributed by atoms with van der Waals surface area (Å²) < 4.78 is 6.75. The van der Waals surface area contributed by atoms with Crippen LogP contribution in [0.3, 0.4) is 0 Å². The Morgan fingerprint density at radius 3 is 2.57 bits per heavy atom. The van der Waals surface area contributed by atoms with Gasteiger partial charge in [0, 0.05) is 33.1 Å². The Morgan fingerprint density at radius 2 is 1.97 bits per heavy atom. The van der Waals surface area contributed by atoms with Gasteiger partial charge in [-0.15, -0.1) is 0 Å². The Bertz CT molecular complexity index is 915. The fraction of sp³-hybridized carbons (Fsp3) is 0.724. The van der Waals surface area contributed by atoms with E-state index in [4.69, 9.17) is 4.74 Å². The number of quaternary nitrogens is 1. The largest absolute Gasteiger partial charge is 0.446 e. The van der Waals surface area contributed by atoms with Gasteiger partial charge < -0.3 is 19.0 Å². The molecule has 0 spiro atoms. The summed E-state index contributed by atoms with van der Waals surface area (Å²) in [6.07, 6.45) is 2.97. The molecular formula is C29H50N5O3+. The number of hydrogen-bond acceptors (Lipinski definition) is 5. The first kappa shape index (κ1) is 29.4. The Labute approximate surface area is 224 Å². The number of amides is 2. The Kier molecular flexibility index (Phi) is 10.4. The van der Waals surface area contributed by atoms with Crippen molar-refractivity contribution in [2.45, 2.75) is 78.9 Å². The highest BCUT2D eigenvalue weighted by molar-refractivity contribution is 6.02. The summed E-state index contributed by atoms with van der Waals surface area (Å²) in [4.78, 5) is 31.5. The van der Waals surface area contributed by atoms with Crippen LogP contribution in [0.15, 0.2) is 18.2 Å². The number of carbonyl (C=O) groups excluding carboxylic acids is 2. The van der Waals surface area contributed by atoms with E-state index in [2.05, 4.69) is 43.2 Å². The lowest BCUT2D eigenvalue weighted by Crippen LogP contribution is -2.52. The maximum absolute atomic E-state index is 13.0. The summed E-state index contributed by atoms with van der Waals surface area (Å²) in [5.41, 5.74) is 2.75. The first-order chi connectivity index (χ1) is 17.6. The molecule has 0 saturated carbocycles. The smallest absolute Gasteiger partial charge is 0.414 e. The minimum Gasteiger partial charge on any atom is -0.446 e. The second-order valence-electron chi connectivity index (χ2n) is 11.4. The quantitative estimate of drug-likeness (QED) is 0.442. The van der Waals surface area contributed by atoms with Gasteiger partial charge >= 0.3 is 6.09 Å². The van der Waals surface area contributed by atoms with E-state index in [0.717, 1.165) is 44.1 Å². The number of carbonyl (C=O) groups is 2. The molecule has 2 aliphatic heterocycles. The van der Waals surface area contributed by atoms with E-state index < -0.39 is 0 Å². The van der Waals surface area contributed by atoms with Gasteiger partial charge in [-0.25, -0.2) is 4.79 Å². The van der Waals surface area contributed by atoms with Crippen LogP contribution in [0, 0.1) is 0 Å². The summed E-state index contributed by atoms with van der Waals surface area (Å²) in [6.45, 7) is 20.1. The van der Waals surface area contributed by atoms with Crippen molar-refractivity contribution in [1.29, 1.82) is 0 Å². The number of unbranched alkanes of at least 4 members (excludes halogenated alkanes) is 1. The molecule has 37 heavy (non-hydrogen) atoms. The number of anilines is 2. The van der Waals surface area contributed by atoms with Crippen LogP contribution in [0.5, 0.6) is 0 Å². The van der Waals surface area contributed by atoms with Gasteiger partial charge in [0.15, 0.2) is 0 Å². The van der Waals surface area contributed by atoms with E-state index in [-0.39, 0.29) is 24.1 Å². The van der Waals surface area contributed by atoms with Crippen LogP contribution >= 0.6 is 0 Å². The molecule has 208 valence electrons. The molecular weight excluding hydrogens is 466 g/mol. The molecule has 2 heterocycles. The van der Waals surface area contributed by atoms with Crippen LogP contribution in [0.1, 0.15) is 72.3 Å². The third-order valence-electron chi connectivity index (χ3n) is 7.98. The Morgan fingerprint density at radius 1 is 1.22 bits per heavy atom. The van der Waals surface area contributed by atoms with E-state index in [9.17, 15) is 9.59 Å². The average Bonchev–Trinajstić information content (AvgIpc) is 3.32. The lowest BCUT2D eigenvalue weighted by atomic mass is 9.93. The molecule has 0 aromatic heterocycles. The highest BCUT2D eigenvalue weighted by Crippen LogP contribution is 2.39. The molecule has 1 aromatic carbocycles. The summed E-state index contributed by atoms with van der Waals surface area (Å²) in [7, 11) is 2.23. The molecule has 1 fully saturated rings. The van der Waals surface area contributed by atoms with Gasteiger partial charge in [0.2, 0.25) is 5.91 Å². The minimum atomic E-state index is -0.353. The predicted octanol–water partition coefficient (Wildman–Crippen LogP) is 4.40.